The van der Waals surface area contributed by atoms with Crippen LogP contribution in [0.2, 0.25) is 0 Å². The van der Waals surface area contributed by atoms with E-state index < -0.39 is 0 Å². The number of rotatable bonds is 19. The van der Waals surface area contributed by atoms with Crippen LogP contribution in [0.15, 0.2) is 0 Å². The fourth-order valence-electron chi connectivity index (χ4n) is 3.16. The molecule has 0 amide bonds. The molecule has 160 valence electrons. The van der Waals surface area contributed by atoms with Crippen LogP contribution in [0.3, 0.4) is 0 Å². The minimum Gasteiger partial charge on any atom is -0.464 e. The molecule has 0 unspecified atom stereocenters. The van der Waals surface area contributed by atoms with E-state index in [-0.39, 0.29) is 18.5 Å². The first kappa shape index (κ1) is 25.7. The number of guanidine groups is 1. The van der Waals surface area contributed by atoms with Crippen LogP contribution < -0.4 is 5.73 Å². The maximum absolute atomic E-state index is 11.5. The molecule has 0 atom stereocenters. The van der Waals surface area contributed by atoms with E-state index in [0.29, 0.717) is 6.61 Å². The van der Waals surface area contributed by atoms with E-state index in [9.17, 15) is 4.79 Å². The summed E-state index contributed by atoms with van der Waals surface area (Å²) in [5.74, 6) is -0.428. The summed E-state index contributed by atoms with van der Waals surface area (Å²) in [6.45, 7) is 2.80. The molecule has 0 bridgehead atoms. The highest BCUT2D eigenvalue weighted by atomic mass is 16.5. The van der Waals surface area contributed by atoms with Crippen molar-refractivity contribution in [2.75, 3.05) is 20.2 Å². The number of hydrogen-bond acceptors (Lipinski definition) is 3. The molecule has 0 spiro atoms. The summed E-state index contributed by atoms with van der Waals surface area (Å²) in [5.41, 5.74) is 5.28. The van der Waals surface area contributed by atoms with Gasteiger partial charge in [0.25, 0.3) is 0 Å². The Morgan fingerprint density at radius 1 is 0.778 bits per heavy atom. The second-order valence-electron chi connectivity index (χ2n) is 7.77. The van der Waals surface area contributed by atoms with E-state index in [0.717, 1.165) is 12.8 Å². The van der Waals surface area contributed by atoms with E-state index in [2.05, 4.69) is 6.92 Å². The van der Waals surface area contributed by atoms with Crippen LogP contribution in [0.25, 0.3) is 0 Å². The quantitative estimate of drug-likeness (QED) is 0.131. The van der Waals surface area contributed by atoms with Crippen LogP contribution in [0.4, 0.5) is 0 Å². The first-order chi connectivity index (χ1) is 13.1. The Kier molecular flexibility index (Phi) is 18.6. The fraction of sp³-hybridized carbons (Fsp3) is 0.909. The molecule has 0 heterocycles. The molecule has 0 fully saturated rings. The van der Waals surface area contributed by atoms with Gasteiger partial charge in [0.05, 0.1) is 6.61 Å². The van der Waals surface area contributed by atoms with Gasteiger partial charge >= 0.3 is 5.97 Å². The summed E-state index contributed by atoms with van der Waals surface area (Å²) in [5, 5.41) is 7.20. The number of nitrogens with zero attached hydrogens (tertiary/aromatic N) is 1. The lowest BCUT2D eigenvalue weighted by atomic mass is 10.0. The smallest absolute Gasteiger partial charge is 0.325 e. The predicted octanol–water partition coefficient (Wildman–Crippen LogP) is 5.62. The van der Waals surface area contributed by atoms with Crippen molar-refractivity contribution < 1.29 is 9.53 Å². The number of carbonyl (C=O) groups is 1. The zero-order chi connectivity index (χ0) is 20.2. The molecule has 0 aliphatic carbocycles. The van der Waals surface area contributed by atoms with Crippen molar-refractivity contribution in [2.24, 2.45) is 5.73 Å². The van der Waals surface area contributed by atoms with E-state index in [1.807, 2.05) is 0 Å². The van der Waals surface area contributed by atoms with E-state index >= 15 is 0 Å². The highest BCUT2D eigenvalue weighted by molar-refractivity contribution is 5.80. The molecule has 0 aromatic rings. The Bertz CT molecular complexity index is 361. The first-order valence-electron chi connectivity index (χ1n) is 11.3. The van der Waals surface area contributed by atoms with Crippen LogP contribution >= 0.6 is 0 Å². The molecular formula is C22H45N3O2. The summed E-state index contributed by atoms with van der Waals surface area (Å²) in [7, 11) is 1.61. The number of hydrogen-bond donors (Lipinski definition) is 2. The molecule has 0 aromatic heterocycles. The number of nitrogens with one attached hydrogen (secondary N) is 1. The lowest BCUT2D eigenvalue weighted by molar-refractivity contribution is -0.143. The van der Waals surface area contributed by atoms with Gasteiger partial charge in [-0.25, -0.2) is 0 Å². The molecule has 27 heavy (non-hydrogen) atoms. The molecular weight excluding hydrogens is 338 g/mol. The van der Waals surface area contributed by atoms with Gasteiger partial charge in [-0.3, -0.25) is 10.2 Å². The summed E-state index contributed by atoms with van der Waals surface area (Å²) in [6.07, 6.45) is 21.4. The van der Waals surface area contributed by atoms with Crippen molar-refractivity contribution in [1.29, 1.82) is 5.41 Å². The standard InChI is InChI=1S/C22H45N3O2/c1-3-4-5-6-7-8-9-10-11-12-13-14-15-16-17-18-19-27-21(26)20-25(2)22(23)24/h3-20H2,1-2H3,(H3,23,24). The van der Waals surface area contributed by atoms with Gasteiger partial charge in [0.2, 0.25) is 0 Å². The Morgan fingerprint density at radius 2 is 1.15 bits per heavy atom. The van der Waals surface area contributed by atoms with Gasteiger partial charge in [-0.05, 0) is 6.42 Å². The van der Waals surface area contributed by atoms with E-state index in [1.165, 1.54) is 94.8 Å². The number of carbonyl (C=O) groups excluding carboxylic acids is 1. The van der Waals surface area contributed by atoms with E-state index in [1.54, 1.807) is 7.05 Å². The second kappa shape index (κ2) is 19.5. The van der Waals surface area contributed by atoms with Crippen LogP contribution in [0, 0.1) is 5.41 Å². The third kappa shape index (κ3) is 19.3. The SMILES string of the molecule is CCCCCCCCCCCCCCCCCCOC(=O)CN(C)C(=N)N. The maximum atomic E-state index is 11.5. The van der Waals surface area contributed by atoms with Gasteiger partial charge < -0.3 is 15.4 Å². The van der Waals surface area contributed by atoms with Crippen molar-refractivity contribution in [3.8, 4) is 0 Å². The molecule has 0 aliphatic rings. The summed E-state index contributed by atoms with van der Waals surface area (Å²) in [4.78, 5) is 12.9. The molecule has 5 heteroatoms. The number of likely N-dealkylation sites (N-methyl/N-ethyl adjacent to an activating group) is 1. The minimum atomic E-state index is -0.311. The zero-order valence-electron chi connectivity index (χ0n) is 18.1. The Balaban J connectivity index is 3.17. The fourth-order valence-corrected chi connectivity index (χ4v) is 3.16. The number of ether oxygens (including phenoxy) is 1. The molecule has 5 nitrogen and oxygen atoms in total. The largest absolute Gasteiger partial charge is 0.464 e. The van der Waals surface area contributed by atoms with Gasteiger partial charge in [-0.2, -0.15) is 0 Å². The zero-order valence-corrected chi connectivity index (χ0v) is 18.1. The second-order valence-corrected chi connectivity index (χ2v) is 7.77. The van der Waals surface area contributed by atoms with Crippen LogP contribution in [-0.4, -0.2) is 37.0 Å². The highest BCUT2D eigenvalue weighted by Gasteiger charge is 2.08. The molecule has 0 aliphatic heterocycles. The van der Waals surface area contributed by atoms with Gasteiger partial charge in [-0.15, -0.1) is 0 Å². The van der Waals surface area contributed by atoms with Gasteiger partial charge in [0, 0.05) is 7.05 Å². The lowest BCUT2D eigenvalue weighted by Gasteiger charge is -2.15. The van der Waals surface area contributed by atoms with Gasteiger partial charge in [-0.1, -0.05) is 103 Å². The van der Waals surface area contributed by atoms with Crippen molar-refractivity contribution in [3.63, 3.8) is 0 Å². The number of unbranched alkanes of at least 4 members (excludes halogenated alkanes) is 15. The van der Waals surface area contributed by atoms with Crippen LogP contribution in [-0.2, 0) is 9.53 Å². The van der Waals surface area contributed by atoms with Crippen molar-refractivity contribution in [2.45, 2.75) is 110 Å². The summed E-state index contributed by atoms with van der Waals surface area (Å²) in [6, 6.07) is 0. The monoisotopic (exact) mass is 383 g/mol. The molecule has 3 N–H and O–H groups in total. The van der Waals surface area contributed by atoms with Crippen molar-refractivity contribution in [1.82, 2.24) is 4.90 Å². The maximum Gasteiger partial charge on any atom is 0.325 e. The molecule has 0 saturated carbocycles. The van der Waals surface area contributed by atoms with Gasteiger partial charge in [0.1, 0.15) is 6.54 Å². The highest BCUT2D eigenvalue weighted by Crippen LogP contribution is 2.13. The van der Waals surface area contributed by atoms with Crippen molar-refractivity contribution >= 4 is 11.9 Å². The Labute approximate surface area is 167 Å². The molecule has 0 rings (SSSR count). The predicted molar refractivity (Wildman–Crippen MR) is 115 cm³/mol. The van der Waals surface area contributed by atoms with E-state index in [4.69, 9.17) is 15.9 Å². The minimum absolute atomic E-state index is 0.0498. The Hall–Kier alpha value is -1.26. The lowest BCUT2D eigenvalue weighted by Crippen LogP contribution is -2.37. The molecule has 0 aromatic carbocycles. The van der Waals surface area contributed by atoms with Gasteiger partial charge in [0.15, 0.2) is 5.96 Å². The average Bonchev–Trinajstić information content (AvgIpc) is 2.64. The third-order valence-electron chi connectivity index (χ3n) is 5.04. The molecule has 0 saturated heterocycles. The van der Waals surface area contributed by atoms with Crippen molar-refractivity contribution in [3.05, 3.63) is 0 Å². The normalized spacial score (nSPS) is 10.7. The number of esters is 1. The Morgan fingerprint density at radius 3 is 1.52 bits per heavy atom. The average molecular weight is 384 g/mol. The third-order valence-corrected chi connectivity index (χ3v) is 5.04. The summed E-state index contributed by atoms with van der Waals surface area (Å²) >= 11 is 0. The first-order valence-corrected chi connectivity index (χ1v) is 11.3. The summed E-state index contributed by atoms with van der Waals surface area (Å²) < 4.78 is 5.15. The number of nitrogens with two attached hydrogens (primary N) is 1. The molecule has 0 radical (unpaired) electrons. The topological polar surface area (TPSA) is 79.4 Å². The van der Waals surface area contributed by atoms with Crippen LogP contribution in [0.1, 0.15) is 110 Å². The van der Waals surface area contributed by atoms with Crippen LogP contribution in [0.5, 0.6) is 0 Å².